The fourth-order valence-corrected chi connectivity index (χ4v) is 2.41. The molecule has 2 aromatic carbocycles. The SMILES string of the molecule is COc1ccc(NC(N)=NCc2cccc(C(=O)OC(C)(C)C)c2)cc1OC. The van der Waals surface area contributed by atoms with Crippen molar-refractivity contribution in [1.82, 2.24) is 0 Å². The van der Waals surface area contributed by atoms with Gasteiger partial charge in [-0.15, -0.1) is 0 Å². The topological polar surface area (TPSA) is 95.2 Å². The van der Waals surface area contributed by atoms with Gasteiger partial charge in [-0.2, -0.15) is 0 Å². The van der Waals surface area contributed by atoms with Crippen LogP contribution in [0.1, 0.15) is 36.7 Å². The monoisotopic (exact) mass is 385 g/mol. The number of guanidine groups is 1. The number of hydrogen-bond donors (Lipinski definition) is 2. The Labute approximate surface area is 165 Å². The van der Waals surface area contributed by atoms with Crippen molar-refractivity contribution < 1.29 is 19.0 Å². The Morgan fingerprint density at radius 3 is 2.43 bits per heavy atom. The molecule has 0 saturated carbocycles. The first kappa shape index (κ1) is 21.1. The number of carbonyl (C=O) groups is 1. The van der Waals surface area contributed by atoms with Crippen LogP contribution in [0.5, 0.6) is 11.5 Å². The number of hydrogen-bond acceptors (Lipinski definition) is 5. The molecule has 3 N–H and O–H groups in total. The second kappa shape index (κ2) is 9.12. The van der Waals surface area contributed by atoms with Crippen LogP contribution in [-0.2, 0) is 11.3 Å². The third-order valence-electron chi connectivity index (χ3n) is 3.65. The van der Waals surface area contributed by atoms with E-state index < -0.39 is 5.60 Å². The quantitative estimate of drug-likeness (QED) is 0.448. The van der Waals surface area contributed by atoms with Gasteiger partial charge in [0.25, 0.3) is 0 Å². The molecule has 7 heteroatoms. The fourth-order valence-electron chi connectivity index (χ4n) is 2.41. The average Bonchev–Trinajstić information content (AvgIpc) is 2.65. The molecule has 0 heterocycles. The normalized spacial score (nSPS) is 11.7. The van der Waals surface area contributed by atoms with Gasteiger partial charge in [-0.3, -0.25) is 0 Å². The molecule has 0 aromatic heterocycles. The third kappa shape index (κ3) is 6.19. The van der Waals surface area contributed by atoms with Gasteiger partial charge in [-0.25, -0.2) is 9.79 Å². The highest BCUT2D eigenvalue weighted by atomic mass is 16.6. The molecule has 0 unspecified atom stereocenters. The average molecular weight is 385 g/mol. The highest BCUT2D eigenvalue weighted by Crippen LogP contribution is 2.29. The molecule has 0 spiro atoms. The lowest BCUT2D eigenvalue weighted by Gasteiger charge is -2.19. The summed E-state index contributed by atoms with van der Waals surface area (Å²) in [5.41, 5.74) is 7.48. The largest absolute Gasteiger partial charge is 0.493 e. The summed E-state index contributed by atoms with van der Waals surface area (Å²) in [5.74, 6) is 1.09. The number of anilines is 1. The van der Waals surface area contributed by atoms with Gasteiger partial charge >= 0.3 is 5.97 Å². The van der Waals surface area contributed by atoms with E-state index >= 15 is 0 Å². The molecule has 0 saturated heterocycles. The molecule has 0 radical (unpaired) electrons. The Morgan fingerprint density at radius 2 is 1.79 bits per heavy atom. The van der Waals surface area contributed by atoms with Gasteiger partial charge in [0, 0.05) is 11.8 Å². The van der Waals surface area contributed by atoms with Gasteiger partial charge < -0.3 is 25.3 Å². The molecule has 0 aliphatic heterocycles. The van der Waals surface area contributed by atoms with Gasteiger partial charge in [0.2, 0.25) is 0 Å². The number of esters is 1. The molecule has 2 rings (SSSR count). The summed E-state index contributed by atoms with van der Waals surface area (Å²) in [6.07, 6.45) is 0. The lowest BCUT2D eigenvalue weighted by molar-refractivity contribution is 0.00694. The summed E-state index contributed by atoms with van der Waals surface area (Å²) in [6, 6.07) is 12.5. The number of nitrogens with zero attached hydrogens (tertiary/aromatic N) is 1. The van der Waals surface area contributed by atoms with E-state index in [0.29, 0.717) is 23.6 Å². The Bertz CT molecular complexity index is 857. The van der Waals surface area contributed by atoms with Crippen LogP contribution in [0.25, 0.3) is 0 Å². The number of nitrogens with one attached hydrogen (secondary N) is 1. The maximum atomic E-state index is 12.2. The second-order valence-corrected chi connectivity index (χ2v) is 7.10. The third-order valence-corrected chi connectivity index (χ3v) is 3.65. The zero-order valence-electron chi connectivity index (χ0n) is 16.9. The van der Waals surface area contributed by atoms with Gasteiger partial charge in [0.05, 0.1) is 26.3 Å². The van der Waals surface area contributed by atoms with E-state index in [-0.39, 0.29) is 11.9 Å². The summed E-state index contributed by atoms with van der Waals surface area (Å²) < 4.78 is 15.9. The van der Waals surface area contributed by atoms with Crippen molar-refractivity contribution >= 4 is 17.6 Å². The summed E-state index contributed by atoms with van der Waals surface area (Å²) >= 11 is 0. The summed E-state index contributed by atoms with van der Waals surface area (Å²) in [5, 5.41) is 3.01. The van der Waals surface area contributed by atoms with E-state index in [1.54, 1.807) is 44.6 Å². The number of rotatable bonds is 6. The van der Waals surface area contributed by atoms with Crippen LogP contribution in [0.4, 0.5) is 5.69 Å². The molecule has 28 heavy (non-hydrogen) atoms. The zero-order valence-corrected chi connectivity index (χ0v) is 16.9. The predicted molar refractivity (Wildman–Crippen MR) is 110 cm³/mol. The molecule has 0 fully saturated rings. The molecule has 0 bridgehead atoms. The van der Waals surface area contributed by atoms with Crippen molar-refractivity contribution in [3.63, 3.8) is 0 Å². The molecule has 0 aliphatic rings. The van der Waals surface area contributed by atoms with Crippen LogP contribution >= 0.6 is 0 Å². The van der Waals surface area contributed by atoms with Crippen molar-refractivity contribution in [1.29, 1.82) is 0 Å². The number of carbonyl (C=O) groups excluding carboxylic acids is 1. The minimum atomic E-state index is -0.543. The van der Waals surface area contributed by atoms with Crippen LogP contribution in [0, 0.1) is 0 Å². The van der Waals surface area contributed by atoms with Crippen molar-refractivity contribution in [2.45, 2.75) is 32.9 Å². The van der Waals surface area contributed by atoms with Crippen molar-refractivity contribution in [3.05, 3.63) is 53.6 Å². The van der Waals surface area contributed by atoms with E-state index in [2.05, 4.69) is 10.3 Å². The summed E-state index contributed by atoms with van der Waals surface area (Å²) in [6.45, 7) is 5.82. The maximum Gasteiger partial charge on any atom is 0.338 e. The minimum Gasteiger partial charge on any atom is -0.493 e. The van der Waals surface area contributed by atoms with Crippen LogP contribution < -0.4 is 20.5 Å². The van der Waals surface area contributed by atoms with Crippen LogP contribution in [-0.4, -0.2) is 31.7 Å². The van der Waals surface area contributed by atoms with Crippen molar-refractivity contribution in [2.24, 2.45) is 10.7 Å². The standard InChI is InChI=1S/C21H27N3O4/c1-21(2,3)28-19(25)15-8-6-7-14(11-15)13-23-20(22)24-16-9-10-17(26-4)18(12-16)27-5/h6-12H,13H2,1-5H3,(H3,22,23,24). The number of nitrogens with two attached hydrogens (primary N) is 1. The Balaban J connectivity index is 2.05. The molecule has 2 aromatic rings. The van der Waals surface area contributed by atoms with E-state index in [9.17, 15) is 4.79 Å². The Hall–Kier alpha value is -3.22. The predicted octanol–water partition coefficient (Wildman–Crippen LogP) is 3.59. The second-order valence-electron chi connectivity index (χ2n) is 7.10. The first-order valence-corrected chi connectivity index (χ1v) is 8.83. The van der Waals surface area contributed by atoms with E-state index in [1.807, 2.05) is 32.9 Å². The molecule has 150 valence electrons. The smallest absolute Gasteiger partial charge is 0.338 e. The maximum absolute atomic E-state index is 12.2. The number of benzene rings is 2. The van der Waals surface area contributed by atoms with E-state index in [0.717, 1.165) is 11.3 Å². The molecular weight excluding hydrogens is 358 g/mol. The fraction of sp³-hybridized carbons (Fsp3) is 0.333. The molecule has 0 aliphatic carbocycles. The lowest BCUT2D eigenvalue weighted by atomic mass is 10.1. The van der Waals surface area contributed by atoms with Crippen LogP contribution in [0.15, 0.2) is 47.5 Å². The van der Waals surface area contributed by atoms with Crippen molar-refractivity contribution in [2.75, 3.05) is 19.5 Å². The first-order valence-electron chi connectivity index (χ1n) is 8.83. The Morgan fingerprint density at radius 1 is 1.07 bits per heavy atom. The minimum absolute atomic E-state index is 0.245. The van der Waals surface area contributed by atoms with Crippen molar-refractivity contribution in [3.8, 4) is 11.5 Å². The molecule has 7 nitrogen and oxygen atoms in total. The van der Waals surface area contributed by atoms with E-state index in [1.165, 1.54) is 0 Å². The van der Waals surface area contributed by atoms with Gasteiger partial charge in [-0.1, -0.05) is 12.1 Å². The molecular formula is C21H27N3O4. The van der Waals surface area contributed by atoms with Gasteiger partial charge in [0.1, 0.15) is 5.60 Å². The number of ether oxygens (including phenoxy) is 3. The van der Waals surface area contributed by atoms with E-state index in [4.69, 9.17) is 19.9 Å². The highest BCUT2D eigenvalue weighted by Gasteiger charge is 2.17. The zero-order chi connectivity index (χ0) is 20.7. The number of aliphatic imine (C=N–C) groups is 1. The molecule has 0 atom stereocenters. The summed E-state index contributed by atoms with van der Waals surface area (Å²) in [7, 11) is 3.14. The highest BCUT2D eigenvalue weighted by molar-refractivity contribution is 5.92. The number of methoxy groups -OCH3 is 2. The molecule has 0 amide bonds. The Kier molecular flexibility index (Phi) is 6.87. The van der Waals surface area contributed by atoms with Crippen LogP contribution in [0.3, 0.4) is 0 Å². The first-order chi connectivity index (χ1) is 13.2. The van der Waals surface area contributed by atoms with Gasteiger partial charge in [0.15, 0.2) is 17.5 Å². The van der Waals surface area contributed by atoms with Crippen LogP contribution in [0.2, 0.25) is 0 Å². The lowest BCUT2D eigenvalue weighted by Crippen LogP contribution is -2.24. The van der Waals surface area contributed by atoms with Gasteiger partial charge in [-0.05, 0) is 50.6 Å². The summed E-state index contributed by atoms with van der Waals surface area (Å²) in [4.78, 5) is 16.5.